The summed E-state index contributed by atoms with van der Waals surface area (Å²) in [5.41, 5.74) is 1.28. The first-order valence-electron chi connectivity index (χ1n) is 5.87. The molecule has 0 aliphatic heterocycles. The fourth-order valence-corrected chi connectivity index (χ4v) is 1.59. The minimum atomic E-state index is -1.63. The molecule has 1 atom stereocenters. The van der Waals surface area contributed by atoms with Crippen molar-refractivity contribution < 1.29 is 19.8 Å². The van der Waals surface area contributed by atoms with Crippen molar-refractivity contribution >= 4 is 28.6 Å². The van der Waals surface area contributed by atoms with E-state index in [1.807, 2.05) is 24.3 Å². The number of aromatic nitrogens is 1. The molecule has 4 N–H and O–H groups in total. The van der Waals surface area contributed by atoms with E-state index in [1.54, 1.807) is 6.07 Å². The number of nitrogens with zero attached hydrogens (tertiary/aromatic N) is 1. The third-order valence-electron chi connectivity index (χ3n) is 2.59. The number of amides is 2. The number of aliphatic carboxylic acids is 1. The number of aliphatic hydroxyl groups is 1. The highest BCUT2D eigenvalue weighted by molar-refractivity contribution is 5.92. The Kier molecular flexibility index (Phi) is 4.11. The summed E-state index contributed by atoms with van der Waals surface area (Å²) in [5, 5.41) is 23.1. The lowest BCUT2D eigenvalue weighted by atomic mass is 10.2. The monoisotopic (exact) mass is 275 g/mol. The van der Waals surface area contributed by atoms with Gasteiger partial charge in [-0.25, -0.2) is 9.59 Å². The van der Waals surface area contributed by atoms with Crippen LogP contribution < -0.4 is 10.6 Å². The summed E-state index contributed by atoms with van der Waals surface area (Å²) in [6.45, 7) is -0.373. The Morgan fingerprint density at radius 2 is 2.05 bits per heavy atom. The zero-order valence-corrected chi connectivity index (χ0v) is 10.4. The number of hydrogen-bond acceptors (Lipinski definition) is 4. The molecule has 0 aliphatic rings. The average Bonchev–Trinajstić information content (AvgIpc) is 2.44. The summed E-state index contributed by atoms with van der Waals surface area (Å²) in [7, 11) is 0. The van der Waals surface area contributed by atoms with E-state index in [-0.39, 0.29) is 6.54 Å². The van der Waals surface area contributed by atoms with Gasteiger partial charge in [0.05, 0.1) is 23.9 Å². The number of pyridine rings is 1. The summed E-state index contributed by atoms with van der Waals surface area (Å²) in [5.74, 6) is -1.39. The molecule has 2 amide bonds. The number of rotatable bonds is 4. The van der Waals surface area contributed by atoms with Gasteiger partial charge >= 0.3 is 12.0 Å². The Morgan fingerprint density at radius 3 is 2.80 bits per heavy atom. The molecule has 7 heteroatoms. The molecule has 0 saturated carbocycles. The number of urea groups is 1. The van der Waals surface area contributed by atoms with Crippen LogP contribution in [0.3, 0.4) is 0 Å². The van der Waals surface area contributed by atoms with Crippen LogP contribution >= 0.6 is 0 Å². The second-order valence-electron chi connectivity index (χ2n) is 4.11. The summed E-state index contributed by atoms with van der Waals surface area (Å²) in [4.78, 5) is 26.1. The van der Waals surface area contributed by atoms with Crippen molar-refractivity contribution in [3.8, 4) is 0 Å². The highest BCUT2D eigenvalue weighted by Crippen LogP contribution is 2.15. The molecule has 1 heterocycles. The SMILES string of the molecule is O=C(NCC(O)C(=O)O)Nc1cnc2ccccc2c1. The number of carboxylic acid groups (broad SMARTS) is 1. The molecule has 0 spiro atoms. The molecule has 20 heavy (non-hydrogen) atoms. The fourth-order valence-electron chi connectivity index (χ4n) is 1.59. The van der Waals surface area contributed by atoms with Crippen LogP contribution in [-0.4, -0.2) is 39.8 Å². The first-order valence-corrected chi connectivity index (χ1v) is 5.87. The van der Waals surface area contributed by atoms with E-state index in [2.05, 4.69) is 15.6 Å². The number of carboxylic acids is 1. The third kappa shape index (κ3) is 3.42. The molecular weight excluding hydrogens is 262 g/mol. The van der Waals surface area contributed by atoms with E-state index in [0.29, 0.717) is 5.69 Å². The predicted octanol–water partition coefficient (Wildman–Crippen LogP) is 0.802. The molecule has 1 aromatic heterocycles. The lowest BCUT2D eigenvalue weighted by Gasteiger charge is -2.09. The van der Waals surface area contributed by atoms with Gasteiger partial charge in [-0.05, 0) is 12.1 Å². The van der Waals surface area contributed by atoms with Crippen LogP contribution in [0.25, 0.3) is 10.9 Å². The van der Waals surface area contributed by atoms with Gasteiger partial charge in [0.2, 0.25) is 0 Å². The van der Waals surface area contributed by atoms with Crippen LogP contribution in [0, 0.1) is 0 Å². The Bertz CT molecular complexity index is 644. The van der Waals surface area contributed by atoms with Gasteiger partial charge in [0.25, 0.3) is 0 Å². The zero-order valence-electron chi connectivity index (χ0n) is 10.4. The largest absolute Gasteiger partial charge is 0.479 e. The number of fused-ring (bicyclic) bond motifs is 1. The molecular formula is C13H13N3O4. The Balaban J connectivity index is 1.97. The van der Waals surface area contributed by atoms with Gasteiger partial charge in [0.1, 0.15) is 0 Å². The Morgan fingerprint density at radius 1 is 1.30 bits per heavy atom. The van der Waals surface area contributed by atoms with Crippen LogP contribution in [-0.2, 0) is 4.79 Å². The third-order valence-corrected chi connectivity index (χ3v) is 2.59. The predicted molar refractivity (Wildman–Crippen MR) is 72.4 cm³/mol. The maximum atomic E-state index is 11.5. The van der Waals surface area contributed by atoms with Crippen molar-refractivity contribution in [2.24, 2.45) is 0 Å². The van der Waals surface area contributed by atoms with E-state index in [4.69, 9.17) is 10.2 Å². The van der Waals surface area contributed by atoms with Crippen molar-refractivity contribution in [1.82, 2.24) is 10.3 Å². The van der Waals surface area contributed by atoms with Gasteiger partial charge in [0, 0.05) is 5.39 Å². The summed E-state index contributed by atoms with van der Waals surface area (Å²) >= 11 is 0. The second-order valence-corrected chi connectivity index (χ2v) is 4.11. The molecule has 0 bridgehead atoms. The minimum Gasteiger partial charge on any atom is -0.479 e. The molecule has 104 valence electrons. The fraction of sp³-hybridized carbons (Fsp3) is 0.154. The minimum absolute atomic E-state index is 0.373. The van der Waals surface area contributed by atoms with Gasteiger partial charge < -0.3 is 20.8 Å². The maximum Gasteiger partial charge on any atom is 0.334 e. The van der Waals surface area contributed by atoms with Gasteiger partial charge in [-0.1, -0.05) is 18.2 Å². The van der Waals surface area contributed by atoms with E-state index < -0.39 is 18.1 Å². The van der Waals surface area contributed by atoms with Crippen LogP contribution in [0.1, 0.15) is 0 Å². The van der Waals surface area contributed by atoms with Gasteiger partial charge in [-0.2, -0.15) is 0 Å². The maximum absolute atomic E-state index is 11.5. The quantitative estimate of drug-likeness (QED) is 0.659. The number of carbonyl (C=O) groups is 2. The van der Waals surface area contributed by atoms with Crippen molar-refractivity contribution in [2.45, 2.75) is 6.10 Å². The van der Waals surface area contributed by atoms with Gasteiger partial charge in [-0.3, -0.25) is 4.98 Å². The lowest BCUT2D eigenvalue weighted by molar-refractivity contribution is -0.146. The van der Waals surface area contributed by atoms with E-state index in [9.17, 15) is 9.59 Å². The Labute approximate surface area is 114 Å². The Hall–Kier alpha value is -2.67. The number of para-hydroxylation sites is 1. The van der Waals surface area contributed by atoms with E-state index >= 15 is 0 Å². The molecule has 1 aromatic carbocycles. The van der Waals surface area contributed by atoms with Crippen LogP contribution in [0.15, 0.2) is 36.5 Å². The van der Waals surface area contributed by atoms with Crippen LogP contribution in [0.5, 0.6) is 0 Å². The number of nitrogens with one attached hydrogen (secondary N) is 2. The molecule has 0 aliphatic carbocycles. The first-order chi connectivity index (χ1) is 9.56. The normalized spacial score (nSPS) is 11.8. The van der Waals surface area contributed by atoms with Gasteiger partial charge in [-0.15, -0.1) is 0 Å². The van der Waals surface area contributed by atoms with Crippen molar-refractivity contribution in [3.05, 3.63) is 36.5 Å². The number of hydrogen-bond donors (Lipinski definition) is 4. The highest BCUT2D eigenvalue weighted by atomic mass is 16.4. The van der Waals surface area contributed by atoms with Gasteiger partial charge in [0.15, 0.2) is 6.10 Å². The number of benzene rings is 1. The van der Waals surface area contributed by atoms with Crippen molar-refractivity contribution in [3.63, 3.8) is 0 Å². The lowest BCUT2D eigenvalue weighted by Crippen LogP contribution is -2.38. The van der Waals surface area contributed by atoms with Crippen LogP contribution in [0.2, 0.25) is 0 Å². The topological polar surface area (TPSA) is 112 Å². The average molecular weight is 275 g/mol. The summed E-state index contributed by atoms with van der Waals surface area (Å²) in [6, 6.07) is 8.57. The number of anilines is 1. The van der Waals surface area contributed by atoms with Crippen molar-refractivity contribution in [2.75, 3.05) is 11.9 Å². The van der Waals surface area contributed by atoms with Crippen LogP contribution in [0.4, 0.5) is 10.5 Å². The molecule has 1 unspecified atom stereocenters. The summed E-state index contributed by atoms with van der Waals surface area (Å²) < 4.78 is 0. The smallest absolute Gasteiger partial charge is 0.334 e. The molecule has 7 nitrogen and oxygen atoms in total. The zero-order chi connectivity index (χ0) is 14.5. The number of carbonyl (C=O) groups excluding carboxylic acids is 1. The molecule has 2 aromatic rings. The molecule has 0 saturated heterocycles. The van der Waals surface area contributed by atoms with Crippen molar-refractivity contribution in [1.29, 1.82) is 0 Å². The molecule has 2 rings (SSSR count). The highest BCUT2D eigenvalue weighted by Gasteiger charge is 2.14. The molecule has 0 radical (unpaired) electrons. The van der Waals surface area contributed by atoms with E-state index in [1.165, 1.54) is 6.20 Å². The standard InChI is InChI=1S/C13H13N3O4/c17-11(12(18)19)7-15-13(20)16-9-5-8-3-1-2-4-10(8)14-6-9/h1-6,11,17H,7H2,(H,18,19)(H2,15,16,20). The first kappa shape index (κ1) is 13.8. The summed E-state index contributed by atoms with van der Waals surface area (Å²) in [6.07, 6.45) is -0.134. The second kappa shape index (κ2) is 5.98. The molecule has 0 fully saturated rings. The van der Waals surface area contributed by atoms with E-state index in [0.717, 1.165) is 10.9 Å². The number of aliphatic hydroxyl groups excluding tert-OH is 1.